The molecule has 3 rings (SSSR count). The normalized spacial score (nSPS) is 30.8. The fourth-order valence-electron chi connectivity index (χ4n) is 6.54. The molecule has 0 radical (unpaired) electrons. The summed E-state index contributed by atoms with van der Waals surface area (Å²) in [5.41, 5.74) is -3.88. The van der Waals surface area contributed by atoms with E-state index in [9.17, 15) is 29.4 Å². The van der Waals surface area contributed by atoms with Gasteiger partial charge < -0.3 is 25.6 Å². The van der Waals surface area contributed by atoms with Crippen LogP contribution in [0.4, 0.5) is 4.79 Å². The van der Waals surface area contributed by atoms with Crippen molar-refractivity contribution in [1.82, 2.24) is 25.8 Å². The number of fused-ring (bicyclic) bond motifs is 1. The fraction of sp³-hybridized carbons (Fsp3) is 0.760. The summed E-state index contributed by atoms with van der Waals surface area (Å²) >= 11 is 1.26. The monoisotopic (exact) mass is 553 g/mol. The van der Waals surface area contributed by atoms with Crippen LogP contribution in [0, 0.1) is 29.1 Å². The van der Waals surface area contributed by atoms with E-state index >= 15 is 0 Å². The van der Waals surface area contributed by atoms with Crippen molar-refractivity contribution in [1.29, 1.82) is 0 Å². The first-order chi connectivity index (χ1) is 17.7. The van der Waals surface area contributed by atoms with Crippen LogP contribution in [0.2, 0.25) is 0 Å². The summed E-state index contributed by atoms with van der Waals surface area (Å²) in [7, 11) is 0. The zero-order valence-electron chi connectivity index (χ0n) is 22.9. The van der Waals surface area contributed by atoms with E-state index in [2.05, 4.69) is 25.8 Å². The first kappa shape index (κ1) is 29.7. The Bertz CT molecular complexity index is 1060. The van der Waals surface area contributed by atoms with Crippen molar-refractivity contribution in [2.75, 3.05) is 0 Å². The Morgan fingerprint density at radius 1 is 1.21 bits per heavy atom. The molecule has 212 valence electrons. The molecule has 1 unspecified atom stereocenters. The Balaban J connectivity index is 2.04. The molecule has 2 aliphatic carbocycles. The van der Waals surface area contributed by atoms with Crippen LogP contribution in [0.15, 0.2) is 11.5 Å². The Labute approximate surface area is 226 Å². The number of carbonyl (C=O) groups is 4. The second-order valence-corrected chi connectivity index (χ2v) is 12.7. The Morgan fingerprint density at radius 3 is 2.32 bits per heavy atom. The predicted octanol–water partition coefficient (Wildman–Crippen LogP) is 2.91. The summed E-state index contributed by atoms with van der Waals surface area (Å²) < 4.78 is 5.34. The molecule has 0 aliphatic heterocycles. The van der Waals surface area contributed by atoms with Crippen molar-refractivity contribution in [3.8, 4) is 0 Å². The number of aromatic nitrogens is 3. The Morgan fingerprint density at radius 2 is 1.87 bits per heavy atom. The zero-order valence-corrected chi connectivity index (χ0v) is 23.7. The number of carbonyl (C=O) groups excluding carboxylic acids is 2. The highest BCUT2D eigenvalue weighted by atomic mass is 32.2. The number of aromatic amines is 1. The molecule has 38 heavy (non-hydrogen) atoms. The van der Waals surface area contributed by atoms with Crippen LogP contribution >= 0.6 is 11.8 Å². The van der Waals surface area contributed by atoms with Crippen molar-refractivity contribution in [3.05, 3.63) is 6.33 Å². The van der Waals surface area contributed by atoms with Crippen LogP contribution < -0.4 is 10.6 Å². The highest BCUT2D eigenvalue weighted by Crippen LogP contribution is 2.78. The van der Waals surface area contributed by atoms with Gasteiger partial charge in [0, 0.05) is 16.6 Å². The van der Waals surface area contributed by atoms with Gasteiger partial charge in [-0.2, -0.15) is 5.10 Å². The number of nitrogens with zero attached hydrogens (tertiary/aromatic N) is 2. The fourth-order valence-corrected chi connectivity index (χ4v) is 8.12. The van der Waals surface area contributed by atoms with Gasteiger partial charge in [-0.25, -0.2) is 14.6 Å². The first-order valence-electron chi connectivity index (χ1n) is 13.0. The van der Waals surface area contributed by atoms with Crippen molar-refractivity contribution < 1.29 is 34.1 Å². The standard InChI is InChI=1S/C25H39N5O7S/c1-8-13-17(38-21-26-11-27-30-21)15-16(19(32)33)24(15,9-2)25(13,20(34)35)29-18(31)14(10-12(3)4)28-22(36)37-23(5,6)7/h11-17H,8-10H2,1-7H3,(H,28,36)(H,29,31)(H,32,33)(H,34,35)(H,26,27,30)/t13?,14-,15-,16-,17-,24-,25+/m0/s1. The quantitative estimate of drug-likeness (QED) is 0.273. The van der Waals surface area contributed by atoms with Gasteiger partial charge in [0.2, 0.25) is 5.91 Å². The van der Waals surface area contributed by atoms with Crippen molar-refractivity contribution in [2.45, 2.75) is 95.3 Å². The van der Waals surface area contributed by atoms with Crippen molar-refractivity contribution in [2.24, 2.45) is 29.1 Å². The number of carboxylic acids is 2. The van der Waals surface area contributed by atoms with Gasteiger partial charge in [0.15, 0.2) is 5.16 Å². The summed E-state index contributed by atoms with van der Waals surface area (Å²) in [4.78, 5) is 56.2. The van der Waals surface area contributed by atoms with Crippen LogP contribution in [0.1, 0.15) is 67.7 Å². The van der Waals surface area contributed by atoms with Gasteiger partial charge in [0.05, 0.1) is 5.92 Å². The molecule has 1 heterocycles. The lowest BCUT2D eigenvalue weighted by atomic mass is 9.70. The largest absolute Gasteiger partial charge is 0.481 e. The van der Waals surface area contributed by atoms with Crippen LogP contribution in [0.25, 0.3) is 0 Å². The average molecular weight is 554 g/mol. The highest BCUT2D eigenvalue weighted by molar-refractivity contribution is 7.99. The summed E-state index contributed by atoms with van der Waals surface area (Å²) in [6.07, 6.45) is 1.38. The number of hydrogen-bond donors (Lipinski definition) is 5. The molecular formula is C25H39N5O7S. The third-order valence-electron chi connectivity index (χ3n) is 7.74. The second-order valence-electron chi connectivity index (χ2n) is 11.6. The third kappa shape index (κ3) is 5.08. The number of nitrogens with one attached hydrogen (secondary N) is 3. The zero-order chi connectivity index (χ0) is 28.6. The topological polar surface area (TPSA) is 184 Å². The van der Waals surface area contributed by atoms with E-state index in [4.69, 9.17) is 4.74 Å². The van der Waals surface area contributed by atoms with Gasteiger partial charge in [-0.1, -0.05) is 39.5 Å². The number of amides is 2. The molecule has 5 N–H and O–H groups in total. The lowest BCUT2D eigenvalue weighted by Crippen LogP contribution is -2.67. The number of carboxylic acid groups (broad SMARTS) is 2. The molecular weight excluding hydrogens is 514 g/mol. The highest BCUT2D eigenvalue weighted by Gasteiger charge is 2.87. The molecule has 7 atom stereocenters. The molecule has 0 spiro atoms. The number of hydrogen-bond acceptors (Lipinski definition) is 8. The van der Waals surface area contributed by atoms with Crippen LogP contribution in [0.3, 0.4) is 0 Å². The number of aliphatic carboxylic acids is 2. The molecule has 0 bridgehead atoms. The lowest BCUT2D eigenvalue weighted by molar-refractivity contribution is -0.156. The smallest absolute Gasteiger partial charge is 0.408 e. The number of ether oxygens (including phenoxy) is 1. The molecule has 13 heteroatoms. The van der Waals surface area contributed by atoms with Gasteiger partial charge in [-0.3, -0.25) is 14.7 Å². The van der Waals surface area contributed by atoms with E-state index in [1.807, 2.05) is 20.8 Å². The molecule has 0 aromatic carbocycles. The summed E-state index contributed by atoms with van der Waals surface area (Å²) in [6.45, 7) is 12.4. The van der Waals surface area contributed by atoms with Crippen LogP contribution in [-0.4, -0.2) is 71.8 Å². The van der Waals surface area contributed by atoms with E-state index < -0.39 is 69.5 Å². The van der Waals surface area contributed by atoms with Gasteiger partial charge in [0.25, 0.3) is 0 Å². The van der Waals surface area contributed by atoms with Gasteiger partial charge in [0.1, 0.15) is 23.5 Å². The number of alkyl carbamates (subject to hydrolysis) is 1. The lowest BCUT2D eigenvalue weighted by Gasteiger charge is -2.43. The number of H-pyrrole nitrogens is 1. The summed E-state index contributed by atoms with van der Waals surface area (Å²) in [6, 6.07) is -1.08. The predicted molar refractivity (Wildman–Crippen MR) is 138 cm³/mol. The van der Waals surface area contributed by atoms with E-state index in [0.717, 1.165) is 0 Å². The maximum absolute atomic E-state index is 13.8. The summed E-state index contributed by atoms with van der Waals surface area (Å²) in [5.74, 6) is -5.16. The minimum atomic E-state index is -1.87. The molecule has 1 aromatic rings. The van der Waals surface area contributed by atoms with Crippen LogP contribution in [0.5, 0.6) is 0 Å². The minimum absolute atomic E-state index is 0.0117. The maximum atomic E-state index is 13.8. The Kier molecular flexibility index (Phi) is 8.40. The maximum Gasteiger partial charge on any atom is 0.408 e. The molecule has 0 saturated heterocycles. The molecule has 12 nitrogen and oxygen atoms in total. The number of thioether (sulfide) groups is 1. The molecule has 2 aliphatic rings. The molecule has 1 aromatic heterocycles. The van der Waals surface area contributed by atoms with Gasteiger partial charge >= 0.3 is 18.0 Å². The Hall–Kier alpha value is -2.83. The van der Waals surface area contributed by atoms with Crippen LogP contribution in [-0.2, 0) is 19.1 Å². The van der Waals surface area contributed by atoms with E-state index in [1.54, 1.807) is 27.7 Å². The minimum Gasteiger partial charge on any atom is -0.481 e. The molecule has 2 saturated carbocycles. The number of rotatable bonds is 11. The second kappa shape index (κ2) is 10.7. The van der Waals surface area contributed by atoms with E-state index in [1.165, 1.54) is 18.1 Å². The van der Waals surface area contributed by atoms with Crippen molar-refractivity contribution >= 4 is 35.7 Å². The summed E-state index contributed by atoms with van der Waals surface area (Å²) in [5, 5.41) is 32.9. The SMILES string of the molecule is CCC1[C@H](Sc2ncn[nH]2)[C@@H]2[C@@H](C(=O)O)[C@@]2(CC)[C@]1(NC(=O)[C@H](CC(C)C)NC(=O)OC(C)(C)C)C(=O)O. The van der Waals surface area contributed by atoms with Gasteiger partial charge in [-0.05, 0) is 51.9 Å². The van der Waals surface area contributed by atoms with Gasteiger partial charge in [-0.15, -0.1) is 0 Å². The molecule has 2 fully saturated rings. The van der Waals surface area contributed by atoms with E-state index in [0.29, 0.717) is 11.6 Å². The molecule has 2 amide bonds. The van der Waals surface area contributed by atoms with Crippen molar-refractivity contribution in [3.63, 3.8) is 0 Å². The average Bonchev–Trinajstić information content (AvgIpc) is 3.08. The first-order valence-corrected chi connectivity index (χ1v) is 13.8. The third-order valence-corrected chi connectivity index (χ3v) is 9.06. The van der Waals surface area contributed by atoms with E-state index in [-0.39, 0.29) is 18.8 Å².